The summed E-state index contributed by atoms with van der Waals surface area (Å²) in [5, 5.41) is 3.69. The van der Waals surface area contributed by atoms with Gasteiger partial charge in [-0.1, -0.05) is 42.5 Å². The van der Waals surface area contributed by atoms with Crippen molar-refractivity contribution in [1.82, 2.24) is 10.2 Å². The maximum atomic E-state index is 4.97. The van der Waals surface area contributed by atoms with Crippen molar-refractivity contribution in [3.63, 3.8) is 0 Å². The Hall–Kier alpha value is -1.87. The number of rotatable bonds is 7. The van der Waals surface area contributed by atoms with Gasteiger partial charge in [-0.2, -0.15) is 0 Å². The SMILES string of the molecule is C=C(CC1CN2CCC1CC2)NC(C)(C)/C(=C/C)N=C(C)c1ccc(C)cc1. The number of piperidine rings is 3. The number of nitrogens with zero attached hydrogens (tertiary/aromatic N) is 2. The fourth-order valence-corrected chi connectivity index (χ4v) is 4.80. The summed E-state index contributed by atoms with van der Waals surface area (Å²) < 4.78 is 0. The molecule has 0 amide bonds. The van der Waals surface area contributed by atoms with Crippen LogP contribution >= 0.6 is 0 Å². The molecule has 0 spiro atoms. The molecule has 3 heterocycles. The lowest BCUT2D eigenvalue weighted by Gasteiger charge is -2.45. The summed E-state index contributed by atoms with van der Waals surface area (Å²) in [6, 6.07) is 8.58. The Labute approximate surface area is 171 Å². The maximum Gasteiger partial charge on any atom is 0.0733 e. The Morgan fingerprint density at radius 1 is 1.25 bits per heavy atom. The highest BCUT2D eigenvalue weighted by Crippen LogP contribution is 2.35. The van der Waals surface area contributed by atoms with Crippen molar-refractivity contribution in [2.45, 2.75) is 59.4 Å². The molecule has 0 saturated carbocycles. The highest BCUT2D eigenvalue weighted by atomic mass is 15.1. The van der Waals surface area contributed by atoms with Crippen molar-refractivity contribution in [3.05, 3.63) is 59.4 Å². The van der Waals surface area contributed by atoms with E-state index in [2.05, 4.69) is 81.8 Å². The van der Waals surface area contributed by atoms with Gasteiger partial charge in [0.15, 0.2) is 0 Å². The van der Waals surface area contributed by atoms with E-state index in [1.165, 1.54) is 43.6 Å². The zero-order valence-corrected chi connectivity index (χ0v) is 18.4. The van der Waals surface area contributed by atoms with E-state index in [4.69, 9.17) is 4.99 Å². The molecule has 2 bridgehead atoms. The lowest BCUT2D eigenvalue weighted by atomic mass is 9.77. The van der Waals surface area contributed by atoms with Crippen molar-refractivity contribution >= 4 is 5.71 Å². The van der Waals surface area contributed by atoms with Crippen molar-refractivity contribution in [2.24, 2.45) is 16.8 Å². The highest BCUT2D eigenvalue weighted by Gasteiger charge is 2.34. The average molecular weight is 380 g/mol. The molecule has 3 nitrogen and oxygen atoms in total. The number of benzene rings is 1. The first-order chi connectivity index (χ1) is 13.3. The number of allylic oxidation sites excluding steroid dienone is 2. The molecule has 0 aliphatic carbocycles. The van der Waals surface area contributed by atoms with Crippen LogP contribution in [0.15, 0.2) is 53.3 Å². The summed E-state index contributed by atoms with van der Waals surface area (Å²) in [6.45, 7) is 18.9. The third kappa shape index (κ3) is 4.94. The second kappa shape index (κ2) is 8.65. The fraction of sp³-hybridized carbons (Fsp3) is 0.560. The number of aryl methyl sites for hydroxylation is 1. The predicted octanol–water partition coefficient (Wildman–Crippen LogP) is 5.32. The summed E-state index contributed by atoms with van der Waals surface area (Å²) in [4.78, 5) is 7.59. The van der Waals surface area contributed by atoms with Gasteiger partial charge in [0.1, 0.15) is 0 Å². The molecule has 152 valence electrons. The van der Waals surface area contributed by atoms with E-state index >= 15 is 0 Å². The minimum absolute atomic E-state index is 0.244. The second-order valence-corrected chi connectivity index (χ2v) is 9.19. The predicted molar refractivity (Wildman–Crippen MR) is 121 cm³/mol. The lowest BCUT2D eigenvalue weighted by Crippen LogP contribution is -2.48. The Bertz CT molecular complexity index is 747. The van der Waals surface area contributed by atoms with Crippen LogP contribution in [0.25, 0.3) is 0 Å². The summed E-state index contributed by atoms with van der Waals surface area (Å²) in [6.07, 6.45) is 5.91. The van der Waals surface area contributed by atoms with Crippen LogP contribution in [0.1, 0.15) is 58.1 Å². The fourth-order valence-electron chi connectivity index (χ4n) is 4.80. The monoisotopic (exact) mass is 379 g/mol. The van der Waals surface area contributed by atoms with E-state index in [0.29, 0.717) is 0 Å². The number of fused-ring (bicyclic) bond motifs is 3. The lowest BCUT2D eigenvalue weighted by molar-refractivity contribution is 0.0502. The van der Waals surface area contributed by atoms with Gasteiger partial charge in [-0.15, -0.1) is 0 Å². The topological polar surface area (TPSA) is 27.6 Å². The molecule has 1 unspecified atom stereocenters. The van der Waals surface area contributed by atoms with Gasteiger partial charge in [-0.25, -0.2) is 0 Å². The molecule has 1 aromatic rings. The van der Waals surface area contributed by atoms with Crippen LogP contribution in [0, 0.1) is 18.8 Å². The van der Waals surface area contributed by atoms with E-state index < -0.39 is 0 Å². The van der Waals surface area contributed by atoms with E-state index in [1.54, 1.807) is 0 Å². The van der Waals surface area contributed by atoms with E-state index in [9.17, 15) is 0 Å². The first-order valence-corrected chi connectivity index (χ1v) is 10.8. The van der Waals surface area contributed by atoms with Crippen LogP contribution < -0.4 is 5.32 Å². The molecular formula is C25H37N3. The first-order valence-electron chi connectivity index (χ1n) is 10.8. The molecule has 1 N–H and O–H groups in total. The van der Waals surface area contributed by atoms with E-state index in [0.717, 1.165) is 35.4 Å². The van der Waals surface area contributed by atoms with E-state index in [-0.39, 0.29) is 5.54 Å². The van der Waals surface area contributed by atoms with Crippen molar-refractivity contribution < 1.29 is 0 Å². The van der Waals surface area contributed by atoms with Gasteiger partial charge in [0, 0.05) is 18.0 Å². The zero-order chi connectivity index (χ0) is 20.3. The normalized spacial score (nSPS) is 25.7. The zero-order valence-electron chi connectivity index (χ0n) is 18.4. The van der Waals surface area contributed by atoms with Crippen LogP contribution in [0.4, 0.5) is 0 Å². The number of hydrogen-bond donors (Lipinski definition) is 1. The first kappa shape index (κ1) is 20.9. The summed E-state index contributed by atoms with van der Waals surface area (Å²) in [5.74, 6) is 1.64. The minimum Gasteiger partial charge on any atom is -0.378 e. The van der Waals surface area contributed by atoms with Crippen molar-refractivity contribution in [3.8, 4) is 0 Å². The molecule has 1 atom stereocenters. The van der Waals surface area contributed by atoms with Crippen LogP contribution in [-0.2, 0) is 0 Å². The molecule has 3 aliphatic rings. The van der Waals surface area contributed by atoms with Gasteiger partial charge in [0.2, 0.25) is 0 Å². The molecule has 1 aromatic carbocycles. The van der Waals surface area contributed by atoms with Crippen LogP contribution in [-0.4, -0.2) is 35.8 Å². The summed E-state index contributed by atoms with van der Waals surface area (Å²) >= 11 is 0. The standard InChI is InChI=1S/C25H37N3/c1-7-24(26-20(4)21-10-8-18(2)9-11-21)25(5,6)27-19(3)16-23-17-28-14-12-22(23)13-15-28/h7-11,22-23,27H,3,12-17H2,1-2,4-6H3/b24-7-,26-20?. The summed E-state index contributed by atoms with van der Waals surface area (Å²) in [5.41, 5.74) is 5.45. The average Bonchev–Trinajstić information content (AvgIpc) is 2.66. The molecule has 3 aliphatic heterocycles. The smallest absolute Gasteiger partial charge is 0.0733 e. The largest absolute Gasteiger partial charge is 0.378 e. The third-order valence-electron chi connectivity index (χ3n) is 6.46. The van der Waals surface area contributed by atoms with Gasteiger partial charge in [0.05, 0.1) is 11.2 Å². The minimum atomic E-state index is -0.244. The second-order valence-electron chi connectivity index (χ2n) is 9.19. The van der Waals surface area contributed by atoms with Gasteiger partial charge < -0.3 is 10.2 Å². The number of nitrogens with one attached hydrogen (secondary N) is 1. The highest BCUT2D eigenvalue weighted by molar-refractivity contribution is 5.99. The number of aliphatic imine (C=N–C) groups is 1. The van der Waals surface area contributed by atoms with Crippen LogP contribution in [0.5, 0.6) is 0 Å². The van der Waals surface area contributed by atoms with Crippen molar-refractivity contribution in [2.75, 3.05) is 19.6 Å². The van der Waals surface area contributed by atoms with Gasteiger partial charge in [-0.05, 0) is 84.4 Å². The molecule has 0 radical (unpaired) electrons. The van der Waals surface area contributed by atoms with Gasteiger partial charge in [0.25, 0.3) is 0 Å². The Kier molecular flexibility index (Phi) is 6.44. The van der Waals surface area contributed by atoms with Crippen molar-refractivity contribution in [1.29, 1.82) is 0 Å². The molecule has 28 heavy (non-hydrogen) atoms. The van der Waals surface area contributed by atoms with Crippen LogP contribution in [0.3, 0.4) is 0 Å². The maximum absolute atomic E-state index is 4.97. The molecule has 3 saturated heterocycles. The van der Waals surface area contributed by atoms with Gasteiger partial charge in [-0.3, -0.25) is 4.99 Å². The third-order valence-corrected chi connectivity index (χ3v) is 6.46. The quantitative estimate of drug-likeness (QED) is 0.649. The Morgan fingerprint density at radius 3 is 2.43 bits per heavy atom. The Morgan fingerprint density at radius 2 is 1.89 bits per heavy atom. The number of hydrogen-bond acceptors (Lipinski definition) is 3. The van der Waals surface area contributed by atoms with Gasteiger partial charge >= 0.3 is 0 Å². The molecular weight excluding hydrogens is 342 g/mol. The molecule has 4 rings (SSSR count). The molecule has 0 aromatic heterocycles. The Balaban J connectivity index is 1.65. The molecule has 3 fully saturated rings. The molecule has 3 heteroatoms. The van der Waals surface area contributed by atoms with E-state index in [1.807, 2.05) is 0 Å². The van der Waals surface area contributed by atoms with Crippen LogP contribution in [0.2, 0.25) is 0 Å². The summed E-state index contributed by atoms with van der Waals surface area (Å²) in [7, 11) is 0.